The van der Waals surface area contributed by atoms with E-state index in [1.165, 1.54) is 0 Å². The van der Waals surface area contributed by atoms with E-state index in [1.54, 1.807) is 23.5 Å². The fraction of sp³-hybridized carbons (Fsp3) is 0.500. The van der Waals surface area contributed by atoms with Crippen LogP contribution >= 0.6 is 0 Å². The van der Waals surface area contributed by atoms with E-state index < -0.39 is 34.3 Å². The molecule has 12 heteroatoms. The van der Waals surface area contributed by atoms with E-state index >= 15 is 0 Å². The van der Waals surface area contributed by atoms with Crippen molar-refractivity contribution in [2.24, 2.45) is 0 Å². The van der Waals surface area contributed by atoms with Crippen molar-refractivity contribution < 1.29 is 31.1 Å². The van der Waals surface area contributed by atoms with Gasteiger partial charge in [-0.3, -0.25) is 5.10 Å². The Hall–Kier alpha value is -2.76. The fourth-order valence-corrected chi connectivity index (χ4v) is 5.64. The number of H-pyrrole nitrogens is 1. The molecule has 0 saturated heterocycles. The SMILES string of the molecule is CC(NC(=O)O[C@@H]1CC[C@H](c2cc(Nc3ccc4c(c3)CS(=O)(=O)C4)n[nH]2)C1)C(F)(F)F. The van der Waals surface area contributed by atoms with Gasteiger partial charge < -0.3 is 15.4 Å². The van der Waals surface area contributed by atoms with E-state index in [-0.39, 0.29) is 17.4 Å². The maximum absolute atomic E-state index is 12.6. The maximum atomic E-state index is 12.6. The minimum atomic E-state index is -4.52. The Kier molecular flexibility index (Phi) is 5.82. The highest BCUT2D eigenvalue weighted by Crippen LogP contribution is 2.36. The fourth-order valence-electron chi connectivity index (χ4n) is 4.04. The van der Waals surface area contributed by atoms with Crippen LogP contribution in [0.25, 0.3) is 0 Å². The Morgan fingerprint density at radius 2 is 1.97 bits per heavy atom. The van der Waals surface area contributed by atoms with Crippen LogP contribution in [0.15, 0.2) is 24.3 Å². The third kappa shape index (κ3) is 5.17. The first-order valence-electron chi connectivity index (χ1n) is 10.2. The first-order chi connectivity index (χ1) is 15.0. The molecule has 1 aromatic carbocycles. The molecule has 1 aliphatic heterocycles. The molecule has 1 aliphatic carbocycles. The normalized spacial score (nSPS) is 22.9. The standard InChI is InChI=1S/C20H23F3N4O4S/c1-11(20(21,22)23)24-19(28)31-16-5-3-12(7-16)17-8-18(27-26-17)25-15-4-2-13-9-32(29,30)10-14(13)6-15/h2,4,6,8,11-12,16H,3,5,7,9-10H2,1H3,(H,24,28)(H2,25,26,27)/t11?,12-,16+/m0/s1. The molecule has 32 heavy (non-hydrogen) atoms. The number of ether oxygens (including phenoxy) is 1. The quantitative estimate of drug-likeness (QED) is 0.609. The van der Waals surface area contributed by atoms with Crippen LogP contribution in [-0.4, -0.2) is 43.0 Å². The van der Waals surface area contributed by atoms with Crippen molar-refractivity contribution in [2.75, 3.05) is 5.32 Å². The smallest absolute Gasteiger partial charge is 0.408 e. The molecule has 4 rings (SSSR count). The molecular weight excluding hydrogens is 449 g/mol. The summed E-state index contributed by atoms with van der Waals surface area (Å²) in [5, 5.41) is 12.1. The van der Waals surface area contributed by atoms with Crippen molar-refractivity contribution in [1.29, 1.82) is 0 Å². The Balaban J connectivity index is 1.32. The second-order valence-electron chi connectivity index (χ2n) is 8.29. The Bertz CT molecular complexity index is 1120. The number of alkyl carbamates (subject to hydrolysis) is 1. The van der Waals surface area contributed by atoms with Crippen molar-refractivity contribution >= 4 is 27.4 Å². The van der Waals surface area contributed by atoms with Crippen LogP contribution in [0.1, 0.15) is 48.9 Å². The minimum absolute atomic E-state index is 0.0288. The van der Waals surface area contributed by atoms with Gasteiger partial charge in [0.2, 0.25) is 0 Å². The Labute approximate surface area is 182 Å². The number of alkyl halides is 3. The molecule has 2 heterocycles. The number of amides is 1. The molecule has 2 aromatic rings. The zero-order chi connectivity index (χ0) is 23.1. The lowest BCUT2D eigenvalue weighted by Crippen LogP contribution is -2.44. The topological polar surface area (TPSA) is 113 Å². The molecule has 1 amide bonds. The Morgan fingerprint density at radius 3 is 2.72 bits per heavy atom. The molecule has 2 aliphatic rings. The van der Waals surface area contributed by atoms with Crippen LogP contribution < -0.4 is 10.6 Å². The molecule has 3 N–H and O–H groups in total. The molecule has 1 aromatic heterocycles. The molecule has 1 fully saturated rings. The summed E-state index contributed by atoms with van der Waals surface area (Å²) in [5.41, 5.74) is 3.14. The molecule has 3 atom stereocenters. The van der Waals surface area contributed by atoms with Crippen LogP contribution in [0.3, 0.4) is 0 Å². The molecule has 174 valence electrons. The van der Waals surface area contributed by atoms with Crippen LogP contribution in [0, 0.1) is 0 Å². The average Bonchev–Trinajstić information content (AvgIpc) is 3.38. The number of aromatic nitrogens is 2. The van der Waals surface area contributed by atoms with Gasteiger partial charge in [0, 0.05) is 23.4 Å². The highest BCUT2D eigenvalue weighted by Gasteiger charge is 2.38. The summed E-state index contributed by atoms with van der Waals surface area (Å²) in [6.45, 7) is 0.859. The highest BCUT2D eigenvalue weighted by atomic mass is 32.2. The maximum Gasteiger partial charge on any atom is 0.408 e. The van der Waals surface area contributed by atoms with Crippen molar-refractivity contribution in [3.05, 3.63) is 41.1 Å². The molecule has 0 spiro atoms. The summed E-state index contributed by atoms with van der Waals surface area (Å²) < 4.78 is 66.3. The third-order valence-corrected chi connectivity index (χ3v) is 7.25. The monoisotopic (exact) mass is 472 g/mol. The molecule has 1 unspecified atom stereocenters. The predicted octanol–water partition coefficient (Wildman–Crippen LogP) is 3.89. The number of carbonyl (C=O) groups is 1. The summed E-state index contributed by atoms with van der Waals surface area (Å²) in [6, 6.07) is 5.23. The van der Waals surface area contributed by atoms with Crippen molar-refractivity contribution in [3.63, 3.8) is 0 Å². The zero-order valence-corrected chi connectivity index (χ0v) is 18.0. The lowest BCUT2D eigenvalue weighted by atomic mass is 10.0. The number of nitrogens with one attached hydrogen (secondary N) is 3. The van der Waals surface area contributed by atoms with Crippen LogP contribution in [-0.2, 0) is 26.1 Å². The summed E-state index contributed by atoms with van der Waals surface area (Å²) in [7, 11) is -3.08. The van der Waals surface area contributed by atoms with Gasteiger partial charge in [0.25, 0.3) is 0 Å². The van der Waals surface area contributed by atoms with Gasteiger partial charge in [-0.25, -0.2) is 13.2 Å². The van der Waals surface area contributed by atoms with E-state index in [1.807, 2.05) is 6.07 Å². The van der Waals surface area contributed by atoms with Gasteiger partial charge in [-0.1, -0.05) is 6.07 Å². The highest BCUT2D eigenvalue weighted by molar-refractivity contribution is 7.90. The summed E-state index contributed by atoms with van der Waals surface area (Å²) in [5.74, 6) is 0.679. The summed E-state index contributed by atoms with van der Waals surface area (Å²) in [6.07, 6.45) is -4.36. The number of benzene rings is 1. The van der Waals surface area contributed by atoms with Gasteiger partial charge in [0.05, 0.1) is 11.5 Å². The molecule has 0 radical (unpaired) electrons. The number of nitrogens with zero attached hydrogens (tertiary/aromatic N) is 1. The second-order valence-corrected chi connectivity index (χ2v) is 10.4. The number of fused-ring (bicyclic) bond motifs is 1. The molecular formula is C20H23F3N4O4S. The van der Waals surface area contributed by atoms with E-state index in [0.717, 1.165) is 29.4 Å². The van der Waals surface area contributed by atoms with Crippen molar-refractivity contribution in [1.82, 2.24) is 15.5 Å². The lowest BCUT2D eigenvalue weighted by Gasteiger charge is -2.19. The number of rotatable bonds is 5. The first kappa shape index (κ1) is 22.4. The van der Waals surface area contributed by atoms with Crippen molar-refractivity contribution in [2.45, 2.75) is 61.9 Å². The van der Waals surface area contributed by atoms with Crippen LogP contribution in [0.4, 0.5) is 29.5 Å². The van der Waals surface area contributed by atoms with Gasteiger partial charge in [-0.2, -0.15) is 18.3 Å². The second kappa shape index (κ2) is 8.30. The van der Waals surface area contributed by atoms with Gasteiger partial charge in [-0.05, 0) is 49.4 Å². The van der Waals surface area contributed by atoms with E-state index in [4.69, 9.17) is 4.74 Å². The largest absolute Gasteiger partial charge is 0.446 e. The van der Waals surface area contributed by atoms with E-state index in [9.17, 15) is 26.4 Å². The predicted molar refractivity (Wildman–Crippen MR) is 110 cm³/mol. The number of anilines is 2. The van der Waals surface area contributed by atoms with E-state index in [2.05, 4.69) is 15.5 Å². The number of hydrogen-bond acceptors (Lipinski definition) is 6. The minimum Gasteiger partial charge on any atom is -0.446 e. The average molecular weight is 472 g/mol. The Morgan fingerprint density at radius 1 is 1.22 bits per heavy atom. The molecule has 1 saturated carbocycles. The third-order valence-electron chi connectivity index (χ3n) is 5.75. The van der Waals surface area contributed by atoms with Crippen molar-refractivity contribution in [3.8, 4) is 0 Å². The van der Waals surface area contributed by atoms with Gasteiger partial charge in [-0.15, -0.1) is 0 Å². The lowest BCUT2D eigenvalue weighted by molar-refractivity contribution is -0.150. The number of hydrogen-bond donors (Lipinski definition) is 3. The summed E-state index contributed by atoms with van der Waals surface area (Å²) in [4.78, 5) is 11.7. The number of sulfone groups is 1. The zero-order valence-electron chi connectivity index (χ0n) is 17.2. The number of aromatic amines is 1. The van der Waals surface area contributed by atoms with Gasteiger partial charge >= 0.3 is 12.3 Å². The van der Waals surface area contributed by atoms with E-state index in [0.29, 0.717) is 25.1 Å². The molecule has 8 nitrogen and oxygen atoms in total. The van der Waals surface area contributed by atoms with Gasteiger partial charge in [0.15, 0.2) is 15.7 Å². The molecule has 0 bridgehead atoms. The number of halogens is 3. The number of carbonyl (C=O) groups excluding carboxylic acids is 1. The van der Waals surface area contributed by atoms with Crippen LogP contribution in [0.5, 0.6) is 0 Å². The van der Waals surface area contributed by atoms with Crippen LogP contribution in [0.2, 0.25) is 0 Å². The summed E-state index contributed by atoms with van der Waals surface area (Å²) >= 11 is 0. The first-order valence-corrected chi connectivity index (χ1v) is 12.0. The van der Waals surface area contributed by atoms with Gasteiger partial charge in [0.1, 0.15) is 12.1 Å².